The summed E-state index contributed by atoms with van der Waals surface area (Å²) in [6.45, 7) is 0.891. The quantitative estimate of drug-likeness (QED) is 0.675. The summed E-state index contributed by atoms with van der Waals surface area (Å²) >= 11 is 5.91. The molecule has 0 saturated carbocycles. The molecule has 1 aromatic heterocycles. The maximum absolute atomic E-state index is 12.2. The van der Waals surface area contributed by atoms with Crippen molar-refractivity contribution in [3.63, 3.8) is 0 Å². The minimum absolute atomic E-state index is 0.0599. The highest BCUT2D eigenvalue weighted by Gasteiger charge is 2.17. The molecule has 3 aromatic rings. The highest BCUT2D eigenvalue weighted by atomic mass is 35.5. The van der Waals surface area contributed by atoms with Crippen molar-refractivity contribution in [2.75, 3.05) is 13.2 Å². The van der Waals surface area contributed by atoms with E-state index in [1.807, 2.05) is 0 Å². The first-order valence-corrected chi connectivity index (χ1v) is 8.17. The predicted octanol–water partition coefficient (Wildman–Crippen LogP) is 2.93. The molecule has 0 radical (unpaired) electrons. The lowest BCUT2D eigenvalue weighted by atomic mass is 10.2. The molecular formula is C18H13ClN2O5. The normalized spacial score (nSPS) is 12.7. The lowest BCUT2D eigenvalue weighted by molar-refractivity contribution is 0.0831. The monoisotopic (exact) mass is 372 g/mol. The number of carbonyl (C=O) groups is 2. The third-order valence-corrected chi connectivity index (χ3v) is 4.03. The highest BCUT2D eigenvalue weighted by Crippen LogP contribution is 2.30. The average Bonchev–Trinajstić information content (AvgIpc) is 3.08. The van der Waals surface area contributed by atoms with Gasteiger partial charge in [-0.05, 0) is 42.5 Å². The van der Waals surface area contributed by atoms with E-state index < -0.39 is 11.8 Å². The molecule has 1 aliphatic heterocycles. The van der Waals surface area contributed by atoms with Gasteiger partial charge in [0.2, 0.25) is 0 Å². The van der Waals surface area contributed by atoms with Gasteiger partial charge >= 0.3 is 5.91 Å². The van der Waals surface area contributed by atoms with Gasteiger partial charge in [-0.2, -0.15) is 0 Å². The first kappa shape index (κ1) is 16.3. The Balaban J connectivity index is 1.44. The topological polar surface area (TPSA) is 89.8 Å². The molecule has 0 bridgehead atoms. The SMILES string of the molecule is O=C(NNC(=O)c1cc2cc(Cl)ccc2o1)c1ccc2c(c1)OCCO2. The first-order valence-electron chi connectivity index (χ1n) is 7.79. The predicted molar refractivity (Wildman–Crippen MR) is 93.6 cm³/mol. The van der Waals surface area contributed by atoms with Crippen molar-refractivity contribution in [1.82, 2.24) is 10.9 Å². The van der Waals surface area contributed by atoms with Gasteiger partial charge in [0.1, 0.15) is 18.8 Å². The molecule has 0 atom stereocenters. The average molecular weight is 373 g/mol. The van der Waals surface area contributed by atoms with E-state index in [1.54, 1.807) is 42.5 Å². The molecule has 0 saturated heterocycles. The van der Waals surface area contributed by atoms with Gasteiger partial charge in [-0.3, -0.25) is 20.4 Å². The van der Waals surface area contributed by atoms with Crippen LogP contribution in [-0.4, -0.2) is 25.0 Å². The number of benzene rings is 2. The fourth-order valence-electron chi connectivity index (χ4n) is 2.56. The first-order chi connectivity index (χ1) is 12.6. The number of nitrogens with one attached hydrogen (secondary N) is 2. The van der Waals surface area contributed by atoms with Crippen LogP contribution in [-0.2, 0) is 0 Å². The van der Waals surface area contributed by atoms with Crippen molar-refractivity contribution in [3.05, 3.63) is 58.8 Å². The van der Waals surface area contributed by atoms with Gasteiger partial charge in [0.05, 0.1) is 0 Å². The molecule has 0 spiro atoms. The van der Waals surface area contributed by atoms with Gasteiger partial charge < -0.3 is 13.9 Å². The molecule has 0 aliphatic carbocycles. The Labute approximate surface area is 152 Å². The zero-order valence-electron chi connectivity index (χ0n) is 13.4. The summed E-state index contributed by atoms with van der Waals surface area (Å²) in [4.78, 5) is 24.4. The second kappa shape index (κ2) is 6.61. The number of hydrazine groups is 1. The molecule has 0 fully saturated rings. The zero-order valence-corrected chi connectivity index (χ0v) is 14.1. The van der Waals surface area contributed by atoms with E-state index in [2.05, 4.69) is 10.9 Å². The van der Waals surface area contributed by atoms with Gasteiger partial charge in [-0.25, -0.2) is 0 Å². The number of hydrogen-bond acceptors (Lipinski definition) is 5. The molecule has 2 aromatic carbocycles. The van der Waals surface area contributed by atoms with Gasteiger partial charge in [0, 0.05) is 16.0 Å². The minimum atomic E-state index is -0.580. The Morgan fingerprint density at radius 3 is 2.50 bits per heavy atom. The number of halogens is 1. The number of furan rings is 1. The lowest BCUT2D eigenvalue weighted by Gasteiger charge is -2.18. The molecule has 0 unspecified atom stereocenters. The van der Waals surface area contributed by atoms with Crippen molar-refractivity contribution in [2.45, 2.75) is 0 Å². The molecule has 7 nitrogen and oxygen atoms in total. The van der Waals surface area contributed by atoms with Crippen LogP contribution >= 0.6 is 11.6 Å². The Morgan fingerprint density at radius 2 is 1.65 bits per heavy atom. The Kier molecular flexibility index (Phi) is 4.14. The van der Waals surface area contributed by atoms with Gasteiger partial charge in [-0.15, -0.1) is 0 Å². The highest BCUT2D eigenvalue weighted by molar-refractivity contribution is 6.31. The van der Waals surface area contributed by atoms with Crippen LogP contribution in [0.25, 0.3) is 11.0 Å². The summed E-state index contributed by atoms with van der Waals surface area (Å²) in [5.41, 5.74) is 5.50. The van der Waals surface area contributed by atoms with Gasteiger partial charge in [-0.1, -0.05) is 11.6 Å². The number of ether oxygens (including phenoxy) is 2. The summed E-state index contributed by atoms with van der Waals surface area (Å²) in [5, 5.41) is 1.23. The van der Waals surface area contributed by atoms with Gasteiger partial charge in [0.25, 0.3) is 5.91 Å². The number of hydrogen-bond donors (Lipinski definition) is 2. The van der Waals surface area contributed by atoms with Crippen LogP contribution in [0.2, 0.25) is 5.02 Å². The van der Waals surface area contributed by atoms with Crippen LogP contribution in [0.15, 0.2) is 46.9 Å². The fourth-order valence-corrected chi connectivity index (χ4v) is 2.74. The van der Waals surface area contributed by atoms with Crippen molar-refractivity contribution in [2.24, 2.45) is 0 Å². The van der Waals surface area contributed by atoms with Crippen LogP contribution in [0.5, 0.6) is 11.5 Å². The van der Waals surface area contributed by atoms with Crippen LogP contribution in [0.4, 0.5) is 0 Å². The third-order valence-electron chi connectivity index (χ3n) is 3.80. The Bertz CT molecular complexity index is 1010. The van der Waals surface area contributed by atoms with Crippen molar-refractivity contribution in [3.8, 4) is 11.5 Å². The summed E-state index contributed by atoms with van der Waals surface area (Å²) in [7, 11) is 0. The van der Waals surface area contributed by atoms with Crippen molar-refractivity contribution in [1.29, 1.82) is 0 Å². The summed E-state index contributed by atoms with van der Waals surface area (Å²) in [6, 6.07) is 11.4. The number of rotatable bonds is 2. The molecular weight excluding hydrogens is 360 g/mol. The smallest absolute Gasteiger partial charge is 0.305 e. The second-order valence-corrected chi connectivity index (χ2v) is 6.00. The largest absolute Gasteiger partial charge is 0.486 e. The minimum Gasteiger partial charge on any atom is -0.486 e. The number of carbonyl (C=O) groups excluding carboxylic acids is 2. The van der Waals surface area contributed by atoms with E-state index >= 15 is 0 Å². The third kappa shape index (κ3) is 3.16. The maximum Gasteiger partial charge on any atom is 0.305 e. The molecule has 1 aliphatic rings. The number of fused-ring (bicyclic) bond motifs is 2. The van der Waals surface area contributed by atoms with Crippen LogP contribution in [0.3, 0.4) is 0 Å². The fraction of sp³-hybridized carbons (Fsp3) is 0.111. The molecule has 2 N–H and O–H groups in total. The molecule has 8 heteroatoms. The summed E-state index contributed by atoms with van der Waals surface area (Å²) in [5.74, 6) is 0.0598. The Morgan fingerprint density at radius 1 is 0.885 bits per heavy atom. The van der Waals surface area contributed by atoms with Crippen molar-refractivity contribution >= 4 is 34.4 Å². The maximum atomic E-state index is 12.2. The van der Waals surface area contributed by atoms with E-state index in [1.165, 1.54) is 0 Å². The van der Waals surface area contributed by atoms with Gasteiger partial charge in [0.15, 0.2) is 17.3 Å². The molecule has 2 heterocycles. The van der Waals surface area contributed by atoms with Crippen LogP contribution < -0.4 is 20.3 Å². The Hall–Kier alpha value is -3.19. The zero-order chi connectivity index (χ0) is 18.1. The molecule has 4 rings (SSSR count). The van der Waals surface area contributed by atoms with E-state index in [4.69, 9.17) is 25.5 Å². The lowest BCUT2D eigenvalue weighted by Crippen LogP contribution is -2.41. The van der Waals surface area contributed by atoms with E-state index in [0.29, 0.717) is 46.3 Å². The molecule has 2 amide bonds. The summed E-state index contributed by atoms with van der Waals surface area (Å²) < 4.78 is 16.3. The van der Waals surface area contributed by atoms with Crippen LogP contribution in [0, 0.1) is 0 Å². The van der Waals surface area contributed by atoms with E-state index in [9.17, 15) is 9.59 Å². The number of amides is 2. The van der Waals surface area contributed by atoms with E-state index in [0.717, 1.165) is 0 Å². The van der Waals surface area contributed by atoms with E-state index in [-0.39, 0.29) is 5.76 Å². The second-order valence-electron chi connectivity index (χ2n) is 5.56. The molecule has 26 heavy (non-hydrogen) atoms. The summed E-state index contributed by atoms with van der Waals surface area (Å²) in [6.07, 6.45) is 0. The van der Waals surface area contributed by atoms with Crippen molar-refractivity contribution < 1.29 is 23.5 Å². The molecule has 132 valence electrons. The van der Waals surface area contributed by atoms with Crippen LogP contribution in [0.1, 0.15) is 20.9 Å². The standard InChI is InChI=1S/C18H13ClN2O5/c19-12-2-4-13-11(7-12)9-16(26-13)18(23)21-20-17(22)10-1-3-14-15(8-10)25-6-5-24-14/h1-4,7-9H,5-6H2,(H,20,22)(H,21,23).